The number of nitrogens with zero attached hydrogens (tertiary/aromatic N) is 1. The van der Waals surface area contributed by atoms with Gasteiger partial charge >= 0.3 is 5.97 Å². The predicted octanol–water partition coefficient (Wildman–Crippen LogP) is 2.67. The molecule has 0 amide bonds. The van der Waals surface area contributed by atoms with E-state index in [1.165, 1.54) is 17.6 Å². The fraction of sp³-hybridized carbons (Fsp3) is 0.0769. The molecule has 0 fully saturated rings. The van der Waals surface area contributed by atoms with Crippen molar-refractivity contribution < 1.29 is 19.1 Å². The first-order chi connectivity index (χ1) is 9.33. The molecule has 0 bridgehead atoms. The predicted molar refractivity (Wildman–Crippen MR) is 69.9 cm³/mol. The summed E-state index contributed by atoms with van der Waals surface area (Å²) >= 11 is 1.31. The second kappa shape index (κ2) is 5.11. The van der Waals surface area contributed by atoms with E-state index in [0.717, 1.165) is 5.56 Å². The van der Waals surface area contributed by atoms with Crippen LogP contribution in [0.25, 0.3) is 0 Å². The third-order valence-electron chi connectivity index (χ3n) is 2.46. The summed E-state index contributed by atoms with van der Waals surface area (Å²) in [5, 5.41) is 5.46. The lowest BCUT2D eigenvalue weighted by Gasteiger charge is -1.97. The third-order valence-corrected chi connectivity index (χ3v) is 3.31. The molecule has 2 heterocycles. The van der Waals surface area contributed by atoms with Gasteiger partial charge in [-0.3, -0.25) is 0 Å². The fourth-order valence-corrected chi connectivity index (χ4v) is 2.16. The van der Waals surface area contributed by atoms with Crippen molar-refractivity contribution in [3.63, 3.8) is 0 Å². The zero-order chi connectivity index (χ0) is 13.1. The number of ether oxygens (including phenoxy) is 2. The Hall–Kier alpha value is -2.34. The summed E-state index contributed by atoms with van der Waals surface area (Å²) in [7, 11) is 0. The Bertz CT molecular complexity index is 622. The summed E-state index contributed by atoms with van der Waals surface area (Å²) in [6.07, 6.45) is 1.45. The van der Waals surface area contributed by atoms with Crippen LogP contribution in [-0.2, 0) is 4.84 Å². The second-order valence-corrected chi connectivity index (χ2v) is 4.65. The second-order valence-electron chi connectivity index (χ2n) is 3.70. The van der Waals surface area contributed by atoms with Crippen molar-refractivity contribution in [3.8, 4) is 11.5 Å². The van der Waals surface area contributed by atoms with E-state index < -0.39 is 5.97 Å². The number of hydrogen-bond donors (Lipinski definition) is 0. The molecular weight excluding hydrogens is 266 g/mol. The molecule has 3 rings (SSSR count). The molecule has 0 unspecified atom stereocenters. The molecule has 5 nitrogen and oxygen atoms in total. The van der Waals surface area contributed by atoms with E-state index in [1.807, 2.05) is 0 Å². The lowest BCUT2D eigenvalue weighted by Crippen LogP contribution is -1.97. The Labute approximate surface area is 113 Å². The highest BCUT2D eigenvalue weighted by Gasteiger charge is 2.12. The smallest absolute Gasteiger partial charge is 0.375 e. The van der Waals surface area contributed by atoms with Crippen LogP contribution in [0.5, 0.6) is 11.5 Å². The van der Waals surface area contributed by atoms with Crippen LogP contribution in [0.3, 0.4) is 0 Å². The van der Waals surface area contributed by atoms with Crippen molar-refractivity contribution in [1.82, 2.24) is 0 Å². The van der Waals surface area contributed by atoms with Crippen LogP contribution >= 0.6 is 11.3 Å². The SMILES string of the molecule is O=C(O/N=C/c1ccc2c(c1)OCO2)c1cccs1. The molecule has 0 N–H and O–H groups in total. The Kier molecular flexibility index (Phi) is 3.16. The summed E-state index contributed by atoms with van der Waals surface area (Å²) in [5.41, 5.74) is 0.767. The highest BCUT2D eigenvalue weighted by Crippen LogP contribution is 2.31. The molecule has 0 atom stereocenters. The molecule has 1 aromatic carbocycles. The minimum absolute atomic E-state index is 0.225. The summed E-state index contributed by atoms with van der Waals surface area (Å²) in [6, 6.07) is 8.82. The minimum Gasteiger partial charge on any atom is -0.454 e. The van der Waals surface area contributed by atoms with E-state index in [2.05, 4.69) is 5.16 Å². The van der Waals surface area contributed by atoms with Gasteiger partial charge < -0.3 is 14.3 Å². The number of hydrogen-bond acceptors (Lipinski definition) is 6. The number of fused-ring (bicyclic) bond motifs is 1. The first-order valence-corrected chi connectivity index (χ1v) is 6.39. The van der Waals surface area contributed by atoms with Gasteiger partial charge in [-0.25, -0.2) is 4.79 Å². The quantitative estimate of drug-likeness (QED) is 0.491. The molecule has 19 heavy (non-hydrogen) atoms. The highest BCUT2D eigenvalue weighted by atomic mass is 32.1. The zero-order valence-electron chi connectivity index (χ0n) is 9.74. The molecule has 6 heteroatoms. The van der Waals surface area contributed by atoms with Crippen LogP contribution in [0, 0.1) is 0 Å². The topological polar surface area (TPSA) is 57.1 Å². The van der Waals surface area contributed by atoms with Gasteiger partial charge in [0.25, 0.3) is 0 Å². The first-order valence-electron chi connectivity index (χ1n) is 5.51. The number of rotatable bonds is 3. The van der Waals surface area contributed by atoms with E-state index in [9.17, 15) is 4.79 Å². The van der Waals surface area contributed by atoms with E-state index in [0.29, 0.717) is 16.4 Å². The van der Waals surface area contributed by atoms with Crippen LogP contribution in [0.15, 0.2) is 40.9 Å². The van der Waals surface area contributed by atoms with Gasteiger partial charge in [0.15, 0.2) is 11.5 Å². The summed E-state index contributed by atoms with van der Waals surface area (Å²) in [5.74, 6) is 0.897. The van der Waals surface area contributed by atoms with E-state index >= 15 is 0 Å². The highest BCUT2D eigenvalue weighted by molar-refractivity contribution is 7.11. The van der Waals surface area contributed by atoms with E-state index in [4.69, 9.17) is 14.3 Å². The molecule has 0 spiro atoms. The Morgan fingerprint density at radius 1 is 1.32 bits per heavy atom. The molecule has 1 aliphatic rings. The van der Waals surface area contributed by atoms with Gasteiger partial charge in [0.05, 0.1) is 6.21 Å². The van der Waals surface area contributed by atoms with Gasteiger partial charge in [0, 0.05) is 5.56 Å². The maximum absolute atomic E-state index is 11.5. The largest absolute Gasteiger partial charge is 0.454 e. The van der Waals surface area contributed by atoms with Gasteiger partial charge in [-0.05, 0) is 29.6 Å². The maximum atomic E-state index is 11.5. The van der Waals surface area contributed by atoms with Crippen molar-refractivity contribution in [2.24, 2.45) is 5.16 Å². The average molecular weight is 275 g/mol. The lowest BCUT2D eigenvalue weighted by molar-refractivity contribution is 0.0525. The first kappa shape index (κ1) is 11.7. The summed E-state index contributed by atoms with van der Waals surface area (Å²) < 4.78 is 10.4. The normalized spacial score (nSPS) is 12.8. The van der Waals surface area contributed by atoms with Crippen LogP contribution < -0.4 is 9.47 Å². The maximum Gasteiger partial charge on any atom is 0.375 e. The number of thiophene rings is 1. The average Bonchev–Trinajstić information content (AvgIpc) is 3.09. The van der Waals surface area contributed by atoms with E-state index in [1.54, 1.807) is 35.7 Å². The lowest BCUT2D eigenvalue weighted by atomic mass is 10.2. The molecule has 0 radical (unpaired) electrons. The van der Waals surface area contributed by atoms with Crippen molar-refractivity contribution >= 4 is 23.5 Å². The number of carbonyl (C=O) groups excluding carboxylic acids is 1. The standard InChI is InChI=1S/C13H9NO4S/c15-13(12-2-1-5-19-12)18-14-7-9-3-4-10-11(6-9)17-8-16-10/h1-7H,8H2/b14-7+. The Balaban J connectivity index is 1.65. The van der Waals surface area contributed by atoms with Crippen LogP contribution in [0.4, 0.5) is 0 Å². The van der Waals surface area contributed by atoms with Gasteiger partial charge in [-0.1, -0.05) is 11.2 Å². The summed E-state index contributed by atoms with van der Waals surface area (Å²) in [4.78, 5) is 16.8. The molecule has 1 aromatic heterocycles. The van der Waals surface area contributed by atoms with E-state index in [-0.39, 0.29) is 6.79 Å². The molecule has 0 saturated carbocycles. The third kappa shape index (κ3) is 2.58. The van der Waals surface area contributed by atoms with Gasteiger partial charge in [-0.15, -0.1) is 11.3 Å². The van der Waals surface area contributed by atoms with Crippen molar-refractivity contribution in [1.29, 1.82) is 0 Å². The van der Waals surface area contributed by atoms with Crippen molar-refractivity contribution in [2.75, 3.05) is 6.79 Å². The Morgan fingerprint density at radius 2 is 2.21 bits per heavy atom. The van der Waals surface area contributed by atoms with Crippen LogP contribution in [0.2, 0.25) is 0 Å². The molecule has 2 aromatic rings. The molecule has 0 saturated heterocycles. The number of carbonyl (C=O) groups is 1. The Morgan fingerprint density at radius 3 is 3.05 bits per heavy atom. The monoisotopic (exact) mass is 275 g/mol. The van der Waals surface area contributed by atoms with Gasteiger partial charge in [-0.2, -0.15) is 0 Å². The molecule has 1 aliphatic heterocycles. The fourth-order valence-electron chi connectivity index (χ4n) is 1.57. The van der Waals surface area contributed by atoms with Crippen LogP contribution in [0.1, 0.15) is 15.2 Å². The van der Waals surface area contributed by atoms with Crippen LogP contribution in [-0.4, -0.2) is 19.0 Å². The number of oxime groups is 1. The van der Waals surface area contributed by atoms with Crippen molar-refractivity contribution in [3.05, 3.63) is 46.2 Å². The summed E-state index contributed by atoms with van der Waals surface area (Å²) in [6.45, 7) is 0.225. The minimum atomic E-state index is -0.466. The molecule has 0 aliphatic carbocycles. The van der Waals surface area contributed by atoms with Gasteiger partial charge in [0.1, 0.15) is 4.88 Å². The molecular formula is C13H9NO4S. The number of benzene rings is 1. The molecule has 96 valence electrons. The zero-order valence-corrected chi connectivity index (χ0v) is 10.6. The van der Waals surface area contributed by atoms with Crippen molar-refractivity contribution in [2.45, 2.75) is 0 Å². The van der Waals surface area contributed by atoms with Gasteiger partial charge in [0.2, 0.25) is 6.79 Å².